The van der Waals surface area contributed by atoms with Gasteiger partial charge in [0, 0.05) is 29.9 Å². The van der Waals surface area contributed by atoms with E-state index in [4.69, 9.17) is 4.52 Å². The number of fused-ring (bicyclic) bond motifs is 1. The Balaban J connectivity index is 1.89. The number of likely N-dealkylation sites (tertiary alicyclic amines) is 1. The average molecular weight is 383 g/mol. The number of anilines is 1. The van der Waals surface area contributed by atoms with Gasteiger partial charge in [0.25, 0.3) is 0 Å². The van der Waals surface area contributed by atoms with E-state index in [9.17, 15) is 9.90 Å². The van der Waals surface area contributed by atoms with Crippen LogP contribution < -0.4 is 5.32 Å². The molecule has 1 saturated heterocycles. The van der Waals surface area contributed by atoms with Gasteiger partial charge in [-0.25, -0.2) is 0 Å². The molecule has 28 heavy (non-hydrogen) atoms. The molecule has 4 rings (SSSR count). The van der Waals surface area contributed by atoms with Crippen LogP contribution in [0.4, 0.5) is 5.69 Å². The fourth-order valence-electron chi connectivity index (χ4n) is 5.14. The van der Waals surface area contributed by atoms with Gasteiger partial charge in [0.15, 0.2) is 0 Å². The SMILES string of the molecule is CCCC(CC)C1(N2CC(O)C2)C(=O)Nc2ccc(-c3c(C)noc3C)cc21. The summed E-state index contributed by atoms with van der Waals surface area (Å²) < 4.78 is 5.37. The van der Waals surface area contributed by atoms with Crippen molar-refractivity contribution in [3.05, 3.63) is 35.2 Å². The van der Waals surface area contributed by atoms with Crippen molar-refractivity contribution in [1.82, 2.24) is 10.1 Å². The zero-order valence-electron chi connectivity index (χ0n) is 17.1. The van der Waals surface area contributed by atoms with Crippen molar-refractivity contribution in [3.8, 4) is 11.1 Å². The Hall–Kier alpha value is -2.18. The number of benzene rings is 1. The van der Waals surface area contributed by atoms with Crippen LogP contribution in [0.25, 0.3) is 11.1 Å². The van der Waals surface area contributed by atoms with Crippen LogP contribution in [0.5, 0.6) is 0 Å². The summed E-state index contributed by atoms with van der Waals surface area (Å²) in [5.41, 5.74) is 4.01. The Morgan fingerprint density at radius 2 is 2.11 bits per heavy atom. The van der Waals surface area contributed by atoms with Crippen LogP contribution in [0.15, 0.2) is 22.7 Å². The molecule has 2 aliphatic heterocycles. The number of carbonyl (C=O) groups is 1. The number of aromatic nitrogens is 1. The summed E-state index contributed by atoms with van der Waals surface area (Å²) in [7, 11) is 0. The summed E-state index contributed by atoms with van der Waals surface area (Å²) in [5.74, 6) is 0.997. The molecule has 2 aromatic rings. The van der Waals surface area contributed by atoms with E-state index in [1.54, 1.807) is 0 Å². The van der Waals surface area contributed by atoms with E-state index >= 15 is 0 Å². The molecule has 150 valence electrons. The topological polar surface area (TPSA) is 78.6 Å². The highest BCUT2D eigenvalue weighted by atomic mass is 16.5. The van der Waals surface area contributed by atoms with Crippen LogP contribution in [0.1, 0.15) is 50.1 Å². The van der Waals surface area contributed by atoms with Gasteiger partial charge >= 0.3 is 0 Å². The Labute approximate surface area is 165 Å². The van der Waals surface area contributed by atoms with Crippen LogP contribution in [0.3, 0.4) is 0 Å². The van der Waals surface area contributed by atoms with Crippen molar-refractivity contribution in [2.75, 3.05) is 18.4 Å². The second-order valence-electron chi connectivity index (χ2n) is 8.13. The number of aliphatic hydroxyl groups is 1. The second-order valence-corrected chi connectivity index (χ2v) is 8.13. The van der Waals surface area contributed by atoms with Crippen LogP contribution in [-0.4, -0.2) is 40.3 Å². The van der Waals surface area contributed by atoms with Crippen LogP contribution in [0, 0.1) is 19.8 Å². The van der Waals surface area contributed by atoms with Crippen LogP contribution in [-0.2, 0) is 10.3 Å². The molecule has 2 atom stereocenters. The quantitative estimate of drug-likeness (QED) is 0.797. The molecule has 2 N–H and O–H groups in total. The maximum Gasteiger partial charge on any atom is 0.249 e. The molecule has 6 heteroatoms. The molecule has 1 fully saturated rings. The van der Waals surface area contributed by atoms with Gasteiger partial charge in [0.1, 0.15) is 11.3 Å². The lowest BCUT2D eigenvalue weighted by atomic mass is 9.72. The number of rotatable bonds is 6. The van der Waals surface area contributed by atoms with E-state index in [1.807, 2.05) is 26.0 Å². The number of hydrogen-bond acceptors (Lipinski definition) is 5. The summed E-state index contributed by atoms with van der Waals surface area (Å²) in [6, 6.07) is 6.14. The highest BCUT2D eigenvalue weighted by Gasteiger charge is 2.58. The molecule has 3 heterocycles. The molecule has 2 aliphatic rings. The third-order valence-electron chi connectivity index (χ3n) is 6.43. The summed E-state index contributed by atoms with van der Waals surface area (Å²) in [5, 5.41) is 17.2. The molecule has 2 unspecified atom stereocenters. The first-order valence-corrected chi connectivity index (χ1v) is 10.3. The third-order valence-corrected chi connectivity index (χ3v) is 6.43. The Morgan fingerprint density at radius 1 is 1.36 bits per heavy atom. The van der Waals surface area contributed by atoms with Gasteiger partial charge in [-0.3, -0.25) is 9.69 Å². The molecule has 1 amide bonds. The number of aliphatic hydroxyl groups excluding tert-OH is 1. The van der Waals surface area contributed by atoms with Gasteiger partial charge in [-0.15, -0.1) is 0 Å². The van der Waals surface area contributed by atoms with Crippen molar-refractivity contribution in [3.63, 3.8) is 0 Å². The highest BCUT2D eigenvalue weighted by Crippen LogP contribution is 2.51. The summed E-state index contributed by atoms with van der Waals surface area (Å²) in [4.78, 5) is 15.6. The molecular formula is C22H29N3O3. The molecule has 0 aliphatic carbocycles. The minimum absolute atomic E-state index is 0.0330. The molecular weight excluding hydrogens is 354 g/mol. The molecule has 0 spiro atoms. The van der Waals surface area contributed by atoms with Crippen molar-refractivity contribution in [2.45, 2.75) is 58.6 Å². The Morgan fingerprint density at radius 3 is 2.68 bits per heavy atom. The predicted molar refractivity (Wildman–Crippen MR) is 108 cm³/mol. The monoisotopic (exact) mass is 383 g/mol. The smallest absolute Gasteiger partial charge is 0.249 e. The number of hydrogen-bond donors (Lipinski definition) is 2. The van der Waals surface area contributed by atoms with E-state index in [1.165, 1.54) is 0 Å². The highest BCUT2D eigenvalue weighted by molar-refractivity contribution is 6.06. The Kier molecular flexibility index (Phi) is 4.79. The van der Waals surface area contributed by atoms with Gasteiger partial charge in [0.2, 0.25) is 5.91 Å². The molecule has 6 nitrogen and oxygen atoms in total. The standard InChI is InChI=1S/C22H29N3O3/c1-5-7-16(6-2)22(25-11-17(26)12-25)18-10-15(8-9-19(18)23-21(22)27)20-13(3)24-28-14(20)4/h8-10,16-17,26H,5-7,11-12H2,1-4H3,(H,23,27). The normalized spacial score (nSPS) is 23.4. The number of nitrogens with zero attached hydrogens (tertiary/aromatic N) is 2. The number of β-amino-alcohol motifs (C(OH)–C–C–N with tert-alkyl or cyclic N) is 1. The second kappa shape index (κ2) is 7.01. The van der Waals surface area contributed by atoms with Gasteiger partial charge in [-0.2, -0.15) is 0 Å². The average Bonchev–Trinajstić information content (AvgIpc) is 3.13. The first kappa shape index (κ1) is 19.2. The van der Waals surface area contributed by atoms with Gasteiger partial charge < -0.3 is 14.9 Å². The minimum Gasteiger partial charge on any atom is -0.390 e. The predicted octanol–water partition coefficient (Wildman–Crippen LogP) is 3.61. The molecule has 0 radical (unpaired) electrons. The number of carbonyl (C=O) groups excluding carboxylic acids is 1. The van der Waals surface area contributed by atoms with E-state index in [0.717, 1.165) is 53.1 Å². The summed E-state index contributed by atoms with van der Waals surface area (Å²) in [6.07, 6.45) is 2.52. The summed E-state index contributed by atoms with van der Waals surface area (Å²) in [6.45, 7) is 9.23. The number of nitrogens with one attached hydrogen (secondary N) is 1. The molecule has 1 aromatic heterocycles. The van der Waals surface area contributed by atoms with Gasteiger partial charge in [-0.1, -0.05) is 37.9 Å². The van der Waals surface area contributed by atoms with E-state index in [0.29, 0.717) is 13.1 Å². The molecule has 0 bridgehead atoms. The van der Waals surface area contributed by atoms with E-state index in [2.05, 4.69) is 35.3 Å². The number of amides is 1. The van der Waals surface area contributed by atoms with E-state index < -0.39 is 5.54 Å². The van der Waals surface area contributed by atoms with Crippen molar-refractivity contribution >= 4 is 11.6 Å². The van der Waals surface area contributed by atoms with Crippen molar-refractivity contribution < 1.29 is 14.4 Å². The lowest BCUT2D eigenvalue weighted by Crippen LogP contribution is -2.65. The first-order chi connectivity index (χ1) is 13.4. The minimum atomic E-state index is -0.728. The molecule has 1 aromatic carbocycles. The maximum absolute atomic E-state index is 13.4. The first-order valence-electron chi connectivity index (χ1n) is 10.3. The van der Waals surface area contributed by atoms with Crippen molar-refractivity contribution in [1.29, 1.82) is 0 Å². The lowest BCUT2D eigenvalue weighted by molar-refractivity contribution is -0.145. The van der Waals surface area contributed by atoms with E-state index in [-0.39, 0.29) is 17.9 Å². The van der Waals surface area contributed by atoms with Crippen molar-refractivity contribution in [2.24, 2.45) is 5.92 Å². The maximum atomic E-state index is 13.4. The third kappa shape index (κ3) is 2.62. The fraction of sp³-hybridized carbons (Fsp3) is 0.545. The van der Waals surface area contributed by atoms with Gasteiger partial charge in [0.05, 0.1) is 11.8 Å². The lowest BCUT2D eigenvalue weighted by Gasteiger charge is -2.51. The van der Waals surface area contributed by atoms with Crippen LogP contribution >= 0.6 is 0 Å². The number of aryl methyl sites for hydroxylation is 2. The zero-order chi connectivity index (χ0) is 20.1. The fourth-order valence-corrected chi connectivity index (χ4v) is 5.14. The van der Waals surface area contributed by atoms with Crippen LogP contribution in [0.2, 0.25) is 0 Å². The van der Waals surface area contributed by atoms with Gasteiger partial charge in [-0.05, 0) is 43.9 Å². The zero-order valence-corrected chi connectivity index (χ0v) is 17.1. The summed E-state index contributed by atoms with van der Waals surface area (Å²) >= 11 is 0. The molecule has 0 saturated carbocycles. The Bertz CT molecular complexity index is 881. The largest absolute Gasteiger partial charge is 0.390 e.